The third-order valence-corrected chi connectivity index (χ3v) is 4.01. The maximum absolute atomic E-state index is 13.6. The summed E-state index contributed by atoms with van der Waals surface area (Å²) in [5.41, 5.74) is 8.18. The van der Waals surface area contributed by atoms with E-state index in [9.17, 15) is 4.39 Å². The van der Waals surface area contributed by atoms with Gasteiger partial charge in [0.1, 0.15) is 17.4 Å². The molecule has 0 aliphatic rings. The van der Waals surface area contributed by atoms with Gasteiger partial charge in [0.05, 0.1) is 24.3 Å². The van der Waals surface area contributed by atoms with Crippen LogP contribution < -0.4 is 15.4 Å². The van der Waals surface area contributed by atoms with Crippen molar-refractivity contribution in [3.05, 3.63) is 52.9 Å². The average molecular weight is 345 g/mol. The van der Waals surface area contributed by atoms with Gasteiger partial charge in [-0.2, -0.15) is 4.98 Å². The highest BCUT2D eigenvalue weighted by molar-refractivity contribution is 7.09. The molecule has 0 saturated heterocycles. The fourth-order valence-corrected chi connectivity index (χ4v) is 2.84. The van der Waals surface area contributed by atoms with E-state index in [0.717, 1.165) is 4.88 Å². The van der Waals surface area contributed by atoms with Gasteiger partial charge in [0.25, 0.3) is 0 Å². The highest BCUT2D eigenvalue weighted by Crippen LogP contribution is 2.35. The Balaban J connectivity index is 2.07. The molecule has 0 spiro atoms. The number of ether oxygens (including phenoxy) is 1. The summed E-state index contributed by atoms with van der Waals surface area (Å²) < 4.78 is 19.2. The molecule has 0 atom stereocenters. The number of thiazole rings is 1. The first-order valence-corrected chi connectivity index (χ1v) is 8.21. The van der Waals surface area contributed by atoms with Crippen LogP contribution in [-0.2, 0) is 6.54 Å². The number of benzene rings is 1. The summed E-state index contributed by atoms with van der Waals surface area (Å²) in [6, 6.07) is 6.17. The van der Waals surface area contributed by atoms with Crippen molar-refractivity contribution in [1.82, 2.24) is 15.0 Å². The minimum Gasteiger partial charge on any atom is -0.492 e. The van der Waals surface area contributed by atoms with Crippen LogP contribution in [-0.4, -0.2) is 21.6 Å². The van der Waals surface area contributed by atoms with Gasteiger partial charge in [-0.05, 0) is 25.1 Å². The molecule has 6 nitrogen and oxygen atoms in total. The fourth-order valence-electron chi connectivity index (χ4n) is 2.26. The standard InChI is InChI=1S/C16H16FN5OS/c1-2-23-14-7-11(17)3-4-13(14)22(9-12-8-19-10-24-12)15-5-6-20-16(18)21-15/h3-8,10H,2,9H2,1H3,(H2,18,20,21). The number of halogens is 1. The van der Waals surface area contributed by atoms with Crippen molar-refractivity contribution < 1.29 is 9.13 Å². The van der Waals surface area contributed by atoms with Gasteiger partial charge in [-0.3, -0.25) is 4.98 Å². The predicted molar refractivity (Wildman–Crippen MR) is 92.0 cm³/mol. The zero-order valence-electron chi connectivity index (χ0n) is 13.0. The van der Waals surface area contributed by atoms with Gasteiger partial charge >= 0.3 is 0 Å². The average Bonchev–Trinajstić information content (AvgIpc) is 3.07. The second-order valence-corrected chi connectivity index (χ2v) is 5.84. The number of aromatic nitrogens is 3. The summed E-state index contributed by atoms with van der Waals surface area (Å²) in [6.45, 7) is 2.79. The van der Waals surface area contributed by atoms with Crippen molar-refractivity contribution in [1.29, 1.82) is 0 Å². The van der Waals surface area contributed by atoms with Crippen LogP contribution in [0.25, 0.3) is 0 Å². The van der Waals surface area contributed by atoms with Crippen molar-refractivity contribution in [2.24, 2.45) is 0 Å². The quantitative estimate of drug-likeness (QED) is 0.738. The molecule has 24 heavy (non-hydrogen) atoms. The minimum absolute atomic E-state index is 0.168. The predicted octanol–water partition coefficient (Wildman–Crippen LogP) is 3.39. The molecule has 0 saturated carbocycles. The number of nitrogens with zero attached hydrogens (tertiary/aromatic N) is 4. The first kappa shape index (κ1) is 16.1. The minimum atomic E-state index is -0.359. The highest BCUT2D eigenvalue weighted by Gasteiger charge is 2.18. The van der Waals surface area contributed by atoms with Gasteiger partial charge in [-0.25, -0.2) is 9.37 Å². The number of rotatable bonds is 6. The molecule has 3 rings (SSSR count). The number of nitrogens with two attached hydrogens (primary N) is 1. The molecule has 1 aromatic carbocycles. The van der Waals surface area contributed by atoms with Crippen LogP contribution in [0, 0.1) is 5.82 Å². The molecule has 0 bridgehead atoms. The Morgan fingerprint density at radius 1 is 1.33 bits per heavy atom. The van der Waals surface area contributed by atoms with Crippen molar-refractivity contribution >= 4 is 28.8 Å². The monoisotopic (exact) mass is 345 g/mol. The number of hydrogen-bond acceptors (Lipinski definition) is 7. The molecule has 2 N–H and O–H groups in total. The second-order valence-electron chi connectivity index (χ2n) is 4.87. The number of hydrogen-bond donors (Lipinski definition) is 1. The Bertz CT molecular complexity index is 812. The smallest absolute Gasteiger partial charge is 0.221 e. The molecule has 0 amide bonds. The summed E-state index contributed by atoms with van der Waals surface area (Å²) >= 11 is 1.52. The van der Waals surface area contributed by atoms with Gasteiger partial charge in [-0.15, -0.1) is 11.3 Å². The van der Waals surface area contributed by atoms with Crippen LogP contribution in [0.4, 0.5) is 21.8 Å². The second kappa shape index (κ2) is 7.22. The van der Waals surface area contributed by atoms with E-state index in [2.05, 4.69) is 15.0 Å². The zero-order valence-corrected chi connectivity index (χ0v) is 13.8. The van der Waals surface area contributed by atoms with E-state index in [1.165, 1.54) is 23.5 Å². The van der Waals surface area contributed by atoms with Crippen molar-refractivity contribution in [2.45, 2.75) is 13.5 Å². The maximum atomic E-state index is 13.6. The lowest BCUT2D eigenvalue weighted by Crippen LogP contribution is -2.19. The number of anilines is 3. The van der Waals surface area contributed by atoms with E-state index < -0.39 is 0 Å². The summed E-state index contributed by atoms with van der Waals surface area (Å²) in [5.74, 6) is 0.853. The van der Waals surface area contributed by atoms with E-state index in [-0.39, 0.29) is 11.8 Å². The topological polar surface area (TPSA) is 77.2 Å². The first-order chi connectivity index (χ1) is 11.7. The highest BCUT2D eigenvalue weighted by atomic mass is 32.1. The Morgan fingerprint density at radius 2 is 2.21 bits per heavy atom. The van der Waals surface area contributed by atoms with Gasteiger partial charge in [0.2, 0.25) is 5.95 Å². The molecule has 0 unspecified atom stereocenters. The molecular formula is C16H16FN5OS. The van der Waals surface area contributed by atoms with Crippen LogP contribution in [0.15, 0.2) is 42.2 Å². The summed E-state index contributed by atoms with van der Waals surface area (Å²) in [7, 11) is 0. The van der Waals surface area contributed by atoms with E-state index >= 15 is 0 Å². The van der Waals surface area contributed by atoms with Crippen LogP contribution in [0.1, 0.15) is 11.8 Å². The van der Waals surface area contributed by atoms with Crippen molar-refractivity contribution in [3.8, 4) is 5.75 Å². The van der Waals surface area contributed by atoms with Crippen LogP contribution in [0.2, 0.25) is 0 Å². The molecule has 124 valence electrons. The molecule has 0 fully saturated rings. The fraction of sp³-hybridized carbons (Fsp3) is 0.188. The lowest BCUT2D eigenvalue weighted by atomic mass is 10.2. The first-order valence-electron chi connectivity index (χ1n) is 7.33. The van der Waals surface area contributed by atoms with Gasteiger partial charge in [0, 0.05) is 23.3 Å². The maximum Gasteiger partial charge on any atom is 0.221 e. The largest absolute Gasteiger partial charge is 0.492 e. The number of nitrogen functional groups attached to an aromatic ring is 1. The molecule has 2 heterocycles. The molecular weight excluding hydrogens is 329 g/mol. The van der Waals surface area contributed by atoms with E-state index in [1.807, 2.05) is 11.8 Å². The summed E-state index contributed by atoms with van der Waals surface area (Å²) in [6.07, 6.45) is 3.37. The van der Waals surface area contributed by atoms with Crippen LogP contribution in [0.5, 0.6) is 5.75 Å². The van der Waals surface area contributed by atoms with Crippen molar-refractivity contribution in [3.63, 3.8) is 0 Å². The Labute approximate surface area is 142 Å². The lowest BCUT2D eigenvalue weighted by molar-refractivity contribution is 0.339. The Hall–Kier alpha value is -2.74. The molecule has 8 heteroatoms. The molecule has 0 aliphatic heterocycles. The van der Waals surface area contributed by atoms with E-state index in [4.69, 9.17) is 10.5 Å². The Kier molecular flexibility index (Phi) is 4.85. The van der Waals surface area contributed by atoms with Gasteiger partial charge in [0.15, 0.2) is 0 Å². The normalized spacial score (nSPS) is 10.6. The van der Waals surface area contributed by atoms with Crippen LogP contribution in [0.3, 0.4) is 0 Å². The third-order valence-electron chi connectivity index (χ3n) is 3.25. The van der Waals surface area contributed by atoms with E-state index in [1.54, 1.807) is 30.0 Å². The molecule has 3 aromatic rings. The molecule has 0 aliphatic carbocycles. The van der Waals surface area contributed by atoms with Gasteiger partial charge < -0.3 is 15.4 Å². The van der Waals surface area contributed by atoms with Gasteiger partial charge in [-0.1, -0.05) is 0 Å². The molecule has 2 aromatic heterocycles. The Morgan fingerprint density at radius 3 is 2.92 bits per heavy atom. The lowest BCUT2D eigenvalue weighted by Gasteiger charge is -2.25. The van der Waals surface area contributed by atoms with E-state index in [0.29, 0.717) is 30.4 Å². The summed E-state index contributed by atoms with van der Waals surface area (Å²) in [5, 5.41) is 0. The van der Waals surface area contributed by atoms with Crippen LogP contribution >= 0.6 is 11.3 Å². The van der Waals surface area contributed by atoms with Crippen molar-refractivity contribution in [2.75, 3.05) is 17.2 Å². The third kappa shape index (κ3) is 3.60. The molecule has 0 radical (unpaired) electrons. The zero-order chi connectivity index (χ0) is 16.9. The SMILES string of the molecule is CCOc1cc(F)ccc1N(Cc1cncs1)c1ccnc(N)n1. The summed E-state index contributed by atoms with van der Waals surface area (Å²) in [4.78, 5) is 15.2.